The number of hydrogen-bond donors (Lipinski definition) is 2. The van der Waals surface area contributed by atoms with Gasteiger partial charge in [0.05, 0.1) is 19.0 Å². The Morgan fingerprint density at radius 2 is 1.51 bits per heavy atom. The Labute approximate surface area is 276 Å². The first-order valence-corrected chi connectivity index (χ1v) is 16.9. The Kier molecular flexibility index (Phi) is 11.3. The highest BCUT2D eigenvalue weighted by Crippen LogP contribution is 2.34. The van der Waals surface area contributed by atoms with Crippen molar-refractivity contribution in [2.45, 2.75) is 85.7 Å². The van der Waals surface area contributed by atoms with Gasteiger partial charge in [-0.25, -0.2) is 23.0 Å². The normalized spacial score (nSPS) is 12.7. The third-order valence-corrected chi connectivity index (χ3v) is 6.50. The van der Waals surface area contributed by atoms with Crippen LogP contribution in [0.2, 0.25) is 0 Å². The molecule has 47 heavy (non-hydrogen) atoms. The smallest absolute Gasteiger partial charge is 0.425 e. The van der Waals surface area contributed by atoms with Gasteiger partial charge in [0.2, 0.25) is 10.0 Å². The molecule has 1 unspecified atom stereocenters. The van der Waals surface area contributed by atoms with Crippen LogP contribution in [0, 0.1) is 0 Å². The van der Waals surface area contributed by atoms with Crippen LogP contribution in [-0.4, -0.2) is 61.7 Å². The number of nitrogens with zero attached hydrogens (tertiary/aromatic N) is 2. The fourth-order valence-corrected chi connectivity index (χ4v) is 4.81. The number of aromatic nitrogens is 1. The number of carbonyl (C=O) groups excluding carboxylic acids is 3. The molecule has 0 aliphatic heterocycles. The number of benzene rings is 2. The first-order chi connectivity index (χ1) is 21.7. The zero-order valence-corrected chi connectivity index (χ0v) is 29.3. The molecule has 0 saturated heterocycles. The standard InChI is InChI=1S/C33H44N4O9S/c1-11-43-26-19-22(12-15-25(26)44-20(2)3)27(29(38)36-47(10,41)42)35-23-13-14-24-21(18-23)16-17-34-28(24)37(30(39)45-32(4,5)6)31(40)46-33(7,8)9/h12-20,27,35H,11H2,1-10H3,(H,36,38). The van der Waals surface area contributed by atoms with Crippen molar-refractivity contribution >= 4 is 50.4 Å². The fourth-order valence-electron chi connectivity index (χ4n) is 4.32. The van der Waals surface area contributed by atoms with Crippen LogP contribution in [0.25, 0.3) is 10.8 Å². The number of pyridine rings is 1. The van der Waals surface area contributed by atoms with E-state index in [0.717, 1.165) is 11.2 Å². The molecule has 3 aromatic rings. The lowest BCUT2D eigenvalue weighted by molar-refractivity contribution is -0.120. The van der Waals surface area contributed by atoms with Crippen molar-refractivity contribution in [3.05, 3.63) is 54.2 Å². The van der Waals surface area contributed by atoms with E-state index in [-0.39, 0.29) is 11.9 Å². The summed E-state index contributed by atoms with van der Waals surface area (Å²) in [4.78, 5) is 45.0. The molecule has 0 aliphatic rings. The molecule has 0 bridgehead atoms. The van der Waals surface area contributed by atoms with E-state index in [0.29, 0.717) is 40.1 Å². The highest BCUT2D eigenvalue weighted by Gasteiger charge is 2.35. The maximum Gasteiger partial charge on any atom is 0.425 e. The molecule has 256 valence electrons. The number of hydrogen-bond acceptors (Lipinski definition) is 11. The zero-order valence-electron chi connectivity index (χ0n) is 28.5. The number of sulfonamides is 1. The first kappa shape index (κ1) is 36.9. The second-order valence-corrected chi connectivity index (χ2v) is 14.7. The van der Waals surface area contributed by atoms with Crippen molar-refractivity contribution in [3.8, 4) is 11.5 Å². The van der Waals surface area contributed by atoms with Gasteiger partial charge in [0.1, 0.15) is 17.2 Å². The van der Waals surface area contributed by atoms with Crippen molar-refractivity contribution in [3.63, 3.8) is 0 Å². The summed E-state index contributed by atoms with van der Waals surface area (Å²) in [6, 6.07) is 10.3. The quantitative estimate of drug-likeness (QED) is 0.248. The molecule has 1 heterocycles. The van der Waals surface area contributed by atoms with Gasteiger partial charge in [-0.3, -0.25) is 9.52 Å². The van der Waals surface area contributed by atoms with Gasteiger partial charge in [-0.2, -0.15) is 4.90 Å². The van der Waals surface area contributed by atoms with Crippen LogP contribution in [0.1, 0.15) is 73.9 Å². The summed E-state index contributed by atoms with van der Waals surface area (Å²) in [6.45, 7) is 15.9. The van der Waals surface area contributed by atoms with Crippen LogP contribution in [0.3, 0.4) is 0 Å². The molecule has 2 N–H and O–H groups in total. The van der Waals surface area contributed by atoms with E-state index in [1.54, 1.807) is 84.0 Å². The second-order valence-electron chi connectivity index (χ2n) is 13.0. The SMILES string of the molecule is CCOc1cc(C(Nc2ccc3c(N(C(=O)OC(C)(C)C)C(=O)OC(C)(C)C)nccc3c2)C(=O)NS(C)(=O)=O)ccc1OC(C)C. The molecule has 0 spiro atoms. The monoisotopic (exact) mass is 672 g/mol. The molecule has 3 amide bonds. The summed E-state index contributed by atoms with van der Waals surface area (Å²) < 4.78 is 48.7. The second kappa shape index (κ2) is 14.4. The molecule has 1 atom stereocenters. The molecule has 2 aromatic carbocycles. The lowest BCUT2D eigenvalue weighted by Crippen LogP contribution is -2.44. The van der Waals surface area contributed by atoms with Crippen LogP contribution in [0.4, 0.5) is 21.1 Å². The largest absolute Gasteiger partial charge is 0.490 e. The number of ether oxygens (including phenoxy) is 4. The minimum absolute atomic E-state index is 0.0222. The van der Waals surface area contributed by atoms with E-state index in [2.05, 4.69) is 10.3 Å². The molecule has 0 saturated carbocycles. The van der Waals surface area contributed by atoms with Gasteiger partial charge in [-0.05, 0) is 110 Å². The van der Waals surface area contributed by atoms with E-state index in [9.17, 15) is 22.8 Å². The topological polar surface area (TPSA) is 162 Å². The fraction of sp³-hybridized carbons (Fsp3) is 0.455. The number of fused-ring (bicyclic) bond motifs is 1. The number of carbonyl (C=O) groups is 3. The van der Waals surface area contributed by atoms with Crippen LogP contribution in [0.15, 0.2) is 48.7 Å². The summed E-state index contributed by atoms with van der Waals surface area (Å²) in [5, 5.41) is 4.05. The number of anilines is 2. The van der Waals surface area contributed by atoms with Gasteiger partial charge in [-0.15, -0.1) is 0 Å². The van der Waals surface area contributed by atoms with E-state index in [4.69, 9.17) is 18.9 Å². The van der Waals surface area contributed by atoms with Crippen LogP contribution >= 0.6 is 0 Å². The molecule has 13 nitrogen and oxygen atoms in total. The van der Waals surface area contributed by atoms with E-state index in [1.165, 1.54) is 6.20 Å². The highest BCUT2D eigenvalue weighted by molar-refractivity contribution is 7.89. The predicted molar refractivity (Wildman–Crippen MR) is 179 cm³/mol. The Morgan fingerprint density at radius 1 is 0.894 bits per heavy atom. The number of rotatable bonds is 10. The van der Waals surface area contributed by atoms with Crippen molar-refractivity contribution in [2.75, 3.05) is 23.1 Å². The van der Waals surface area contributed by atoms with Crippen molar-refractivity contribution < 1.29 is 41.7 Å². The molecule has 3 rings (SSSR count). The van der Waals surface area contributed by atoms with Crippen LogP contribution in [-0.2, 0) is 24.3 Å². The maximum atomic E-state index is 13.3. The minimum atomic E-state index is -3.90. The van der Waals surface area contributed by atoms with Gasteiger partial charge >= 0.3 is 12.2 Å². The van der Waals surface area contributed by atoms with E-state index < -0.39 is 45.4 Å². The Hall–Kier alpha value is -4.59. The molecule has 0 fully saturated rings. The summed E-state index contributed by atoms with van der Waals surface area (Å²) in [5.41, 5.74) is -1.00. The van der Waals surface area contributed by atoms with Crippen LogP contribution < -0.4 is 24.4 Å². The third-order valence-electron chi connectivity index (χ3n) is 5.93. The third kappa shape index (κ3) is 10.7. The first-order valence-electron chi connectivity index (χ1n) is 15.0. The van der Waals surface area contributed by atoms with Crippen LogP contribution in [0.5, 0.6) is 11.5 Å². The van der Waals surface area contributed by atoms with Gasteiger partial charge in [-0.1, -0.05) is 6.07 Å². The highest BCUT2D eigenvalue weighted by atomic mass is 32.2. The van der Waals surface area contributed by atoms with Gasteiger partial charge in [0.25, 0.3) is 5.91 Å². The molecule has 0 radical (unpaired) electrons. The number of imide groups is 1. The molecular weight excluding hydrogens is 628 g/mol. The Morgan fingerprint density at radius 3 is 2.04 bits per heavy atom. The molecule has 1 aromatic heterocycles. The Bertz CT molecular complexity index is 1700. The summed E-state index contributed by atoms with van der Waals surface area (Å²) in [6.07, 6.45) is 0.224. The average Bonchev–Trinajstić information content (AvgIpc) is 2.89. The zero-order chi connectivity index (χ0) is 35.3. The average molecular weight is 673 g/mol. The van der Waals surface area contributed by atoms with Gasteiger partial charge in [0.15, 0.2) is 17.3 Å². The molecule has 0 aliphatic carbocycles. The van der Waals surface area contributed by atoms with E-state index >= 15 is 0 Å². The number of amides is 3. The summed E-state index contributed by atoms with van der Waals surface area (Å²) >= 11 is 0. The van der Waals surface area contributed by atoms with Gasteiger partial charge < -0.3 is 24.3 Å². The Balaban J connectivity index is 2.10. The number of nitrogens with one attached hydrogen (secondary N) is 2. The molecule has 14 heteroatoms. The van der Waals surface area contributed by atoms with E-state index in [1.807, 2.05) is 25.5 Å². The van der Waals surface area contributed by atoms with Crippen molar-refractivity contribution in [2.24, 2.45) is 0 Å². The summed E-state index contributed by atoms with van der Waals surface area (Å²) in [7, 11) is -3.90. The maximum absolute atomic E-state index is 13.3. The summed E-state index contributed by atoms with van der Waals surface area (Å²) in [5.74, 6) is 0.00410. The predicted octanol–water partition coefficient (Wildman–Crippen LogP) is 6.33. The van der Waals surface area contributed by atoms with Crippen molar-refractivity contribution in [1.82, 2.24) is 9.71 Å². The molecular formula is C33H44N4O9S. The van der Waals surface area contributed by atoms with Crippen molar-refractivity contribution in [1.29, 1.82) is 0 Å². The van der Waals surface area contributed by atoms with Gasteiger partial charge in [0, 0.05) is 17.3 Å². The minimum Gasteiger partial charge on any atom is -0.490 e. The lowest BCUT2D eigenvalue weighted by Gasteiger charge is -2.28. The lowest BCUT2D eigenvalue weighted by atomic mass is 10.0.